The number of ether oxygens (including phenoxy) is 3. The van der Waals surface area contributed by atoms with Crippen molar-refractivity contribution >= 4 is 9.84 Å². The Hall–Kier alpha value is -4.11. The van der Waals surface area contributed by atoms with Gasteiger partial charge in [0, 0.05) is 13.1 Å². The smallest absolute Gasteiger partial charge is 0.185 e. The number of likely N-dealkylation sites (tertiary alicyclic amines) is 1. The fourth-order valence-corrected chi connectivity index (χ4v) is 8.20. The van der Waals surface area contributed by atoms with Gasteiger partial charge in [0.2, 0.25) is 0 Å². The predicted octanol–water partition coefficient (Wildman–Crippen LogP) is 7.41. The molecule has 0 bridgehead atoms. The molecule has 0 spiro atoms. The molecule has 0 aromatic heterocycles. The van der Waals surface area contributed by atoms with Gasteiger partial charge in [-0.3, -0.25) is 4.90 Å². The van der Waals surface area contributed by atoms with E-state index >= 15 is 0 Å². The Morgan fingerprint density at radius 2 is 1.15 bits per heavy atom. The zero-order valence-corrected chi connectivity index (χ0v) is 28.1. The first-order valence-corrected chi connectivity index (χ1v) is 18.0. The first-order chi connectivity index (χ1) is 23.5. The Labute approximate surface area is 284 Å². The topological polar surface area (TPSA) is 65.1 Å². The Morgan fingerprint density at radius 3 is 1.71 bits per heavy atom. The second-order valence-corrected chi connectivity index (χ2v) is 14.6. The van der Waals surface area contributed by atoms with Gasteiger partial charge >= 0.3 is 0 Å². The maximum absolute atomic E-state index is 14.5. The monoisotopic (exact) mass is 661 g/mol. The summed E-state index contributed by atoms with van der Waals surface area (Å²) in [6, 6.07) is 46.8. The molecule has 248 valence electrons. The highest BCUT2D eigenvalue weighted by Gasteiger charge is 2.52. The summed E-state index contributed by atoms with van der Waals surface area (Å²) in [4.78, 5) is 2.52. The summed E-state index contributed by atoms with van der Waals surface area (Å²) >= 11 is 0. The molecule has 1 aliphatic rings. The van der Waals surface area contributed by atoms with Crippen LogP contribution >= 0.6 is 0 Å². The second-order valence-electron chi connectivity index (χ2n) is 12.4. The summed E-state index contributed by atoms with van der Waals surface area (Å²) in [5, 5.41) is -0.824. The van der Waals surface area contributed by atoms with E-state index < -0.39 is 33.3 Å². The second kappa shape index (κ2) is 16.3. The number of hydrogen-bond acceptors (Lipinski definition) is 6. The van der Waals surface area contributed by atoms with Gasteiger partial charge in [0.25, 0.3) is 0 Å². The average molecular weight is 662 g/mol. The number of aryl methyl sites for hydroxylation is 1. The van der Waals surface area contributed by atoms with Crippen molar-refractivity contribution < 1.29 is 22.6 Å². The van der Waals surface area contributed by atoms with Gasteiger partial charge in [-0.2, -0.15) is 0 Å². The van der Waals surface area contributed by atoms with Crippen LogP contribution in [-0.4, -0.2) is 50.0 Å². The highest BCUT2D eigenvalue weighted by atomic mass is 32.2. The van der Waals surface area contributed by atoms with Crippen molar-refractivity contribution in [3.63, 3.8) is 0 Å². The zero-order valence-electron chi connectivity index (χ0n) is 27.3. The van der Waals surface area contributed by atoms with Crippen molar-refractivity contribution in [1.29, 1.82) is 0 Å². The van der Waals surface area contributed by atoms with Gasteiger partial charge in [0.15, 0.2) is 9.84 Å². The molecule has 1 unspecified atom stereocenters. The Kier molecular flexibility index (Phi) is 11.5. The molecular formula is C41H43NO5S. The van der Waals surface area contributed by atoms with Crippen LogP contribution in [0.15, 0.2) is 150 Å². The van der Waals surface area contributed by atoms with Crippen molar-refractivity contribution in [2.75, 3.05) is 13.2 Å². The van der Waals surface area contributed by atoms with E-state index in [-0.39, 0.29) is 13.2 Å². The minimum atomic E-state index is -3.79. The fourth-order valence-electron chi connectivity index (χ4n) is 6.36. The van der Waals surface area contributed by atoms with Crippen LogP contribution in [0.3, 0.4) is 0 Å². The molecule has 1 fully saturated rings. The van der Waals surface area contributed by atoms with Crippen molar-refractivity contribution in [2.45, 2.75) is 61.7 Å². The van der Waals surface area contributed by atoms with Gasteiger partial charge in [-0.05, 0) is 41.3 Å². The molecular weight excluding hydrogens is 619 g/mol. The maximum Gasteiger partial charge on any atom is 0.185 e. The molecule has 4 atom stereocenters. The minimum absolute atomic E-state index is 0.264. The molecule has 6 rings (SSSR count). The molecule has 0 N–H and O–H groups in total. The van der Waals surface area contributed by atoms with Crippen molar-refractivity contribution in [3.8, 4) is 0 Å². The fraction of sp³-hybridized carbons (Fsp3) is 0.268. The van der Waals surface area contributed by atoms with Gasteiger partial charge in [-0.25, -0.2) is 8.42 Å². The lowest BCUT2D eigenvalue weighted by Gasteiger charge is -2.35. The lowest BCUT2D eigenvalue weighted by molar-refractivity contribution is -0.0995. The Bertz CT molecular complexity index is 1790. The lowest BCUT2D eigenvalue weighted by atomic mass is 10.0. The number of rotatable bonds is 15. The standard InChI is InChI=1S/C41H43NO5S/c1-32-22-24-37(25-23-32)48(43,44)39-27-42(26-33-14-6-2-7-15-33)40(41(39)47-30-36-20-12-5-13-21-36)38(46-29-35-18-10-4-11-19-35)31-45-28-34-16-8-3-9-17-34/h2-25,38-41H,26-31H2,1H3/t38?,39-,40+,41+/m1/s1. The molecule has 1 aliphatic heterocycles. The predicted molar refractivity (Wildman–Crippen MR) is 189 cm³/mol. The molecule has 6 nitrogen and oxygen atoms in total. The molecule has 1 heterocycles. The maximum atomic E-state index is 14.5. The molecule has 0 radical (unpaired) electrons. The number of benzene rings is 5. The van der Waals surface area contributed by atoms with E-state index in [1.165, 1.54) is 0 Å². The van der Waals surface area contributed by atoms with Crippen LogP contribution in [0.5, 0.6) is 0 Å². The Morgan fingerprint density at radius 1 is 0.646 bits per heavy atom. The highest BCUT2D eigenvalue weighted by Crippen LogP contribution is 2.35. The first-order valence-electron chi connectivity index (χ1n) is 16.5. The molecule has 0 amide bonds. The van der Waals surface area contributed by atoms with Crippen LogP contribution in [0.25, 0.3) is 0 Å². The summed E-state index contributed by atoms with van der Waals surface area (Å²) in [7, 11) is -3.79. The van der Waals surface area contributed by atoms with E-state index in [4.69, 9.17) is 14.2 Å². The molecule has 5 aromatic rings. The quantitative estimate of drug-likeness (QED) is 0.117. The van der Waals surface area contributed by atoms with Crippen LogP contribution in [-0.2, 0) is 50.4 Å². The van der Waals surface area contributed by atoms with Crippen LogP contribution in [0, 0.1) is 6.92 Å². The third kappa shape index (κ3) is 8.67. The number of hydrogen-bond donors (Lipinski definition) is 0. The number of sulfone groups is 1. The normalized spacial score (nSPS) is 18.9. The summed E-state index contributed by atoms with van der Waals surface area (Å²) in [6.45, 7) is 4.10. The highest BCUT2D eigenvalue weighted by molar-refractivity contribution is 7.92. The van der Waals surface area contributed by atoms with Gasteiger partial charge < -0.3 is 14.2 Å². The van der Waals surface area contributed by atoms with E-state index in [1.807, 2.05) is 128 Å². The third-order valence-corrected chi connectivity index (χ3v) is 11.0. The molecule has 48 heavy (non-hydrogen) atoms. The minimum Gasteiger partial charge on any atom is -0.374 e. The largest absolute Gasteiger partial charge is 0.374 e. The van der Waals surface area contributed by atoms with Crippen molar-refractivity contribution in [1.82, 2.24) is 4.90 Å². The van der Waals surface area contributed by atoms with E-state index in [2.05, 4.69) is 17.0 Å². The van der Waals surface area contributed by atoms with Crippen LogP contribution in [0.4, 0.5) is 0 Å². The summed E-state index contributed by atoms with van der Waals surface area (Å²) in [6.07, 6.45) is -1.18. The van der Waals surface area contributed by atoms with Gasteiger partial charge in [-0.15, -0.1) is 0 Å². The zero-order chi connectivity index (χ0) is 33.2. The van der Waals surface area contributed by atoms with Gasteiger partial charge in [0.1, 0.15) is 5.25 Å². The van der Waals surface area contributed by atoms with Crippen LogP contribution in [0.1, 0.15) is 27.8 Å². The van der Waals surface area contributed by atoms with E-state index in [1.54, 1.807) is 12.1 Å². The molecule has 1 saturated heterocycles. The van der Waals surface area contributed by atoms with Crippen molar-refractivity contribution in [3.05, 3.63) is 173 Å². The van der Waals surface area contributed by atoms with E-state index in [0.29, 0.717) is 31.2 Å². The van der Waals surface area contributed by atoms with Gasteiger partial charge in [0.05, 0.1) is 49.6 Å². The summed E-state index contributed by atoms with van der Waals surface area (Å²) < 4.78 is 48.9. The lowest BCUT2D eigenvalue weighted by Crippen LogP contribution is -2.50. The van der Waals surface area contributed by atoms with Crippen LogP contribution < -0.4 is 0 Å². The van der Waals surface area contributed by atoms with Crippen molar-refractivity contribution in [2.24, 2.45) is 0 Å². The molecule has 7 heteroatoms. The third-order valence-electron chi connectivity index (χ3n) is 8.88. The average Bonchev–Trinajstić information content (AvgIpc) is 3.49. The SMILES string of the molecule is Cc1ccc(S(=O)(=O)[C@@H]2CN(Cc3ccccc3)[C@@H](C(COCc3ccccc3)OCc3ccccc3)[C@H]2OCc2ccccc2)cc1. The van der Waals surface area contributed by atoms with E-state index in [9.17, 15) is 8.42 Å². The molecule has 5 aromatic carbocycles. The van der Waals surface area contributed by atoms with Gasteiger partial charge in [-0.1, -0.05) is 139 Å². The molecule has 0 saturated carbocycles. The van der Waals surface area contributed by atoms with Crippen LogP contribution in [0.2, 0.25) is 0 Å². The Balaban J connectivity index is 1.38. The first kappa shape index (κ1) is 33.8. The molecule has 0 aliphatic carbocycles. The van der Waals surface area contributed by atoms with E-state index in [0.717, 1.165) is 27.8 Å². The number of nitrogens with zero attached hydrogens (tertiary/aromatic N) is 1. The summed E-state index contributed by atoms with van der Waals surface area (Å²) in [5.74, 6) is 0. The summed E-state index contributed by atoms with van der Waals surface area (Å²) in [5.41, 5.74) is 5.16.